The molecule has 0 aromatic carbocycles. The van der Waals surface area contributed by atoms with Crippen molar-refractivity contribution in [1.82, 2.24) is 0 Å². The summed E-state index contributed by atoms with van der Waals surface area (Å²) in [7, 11) is 0. The Morgan fingerprint density at radius 2 is 1.88 bits per heavy atom. The predicted molar refractivity (Wildman–Crippen MR) is 104 cm³/mol. The van der Waals surface area contributed by atoms with E-state index in [1.54, 1.807) is 18.3 Å². The van der Waals surface area contributed by atoms with Gasteiger partial charge in [0.15, 0.2) is 0 Å². The van der Waals surface area contributed by atoms with E-state index in [0.717, 1.165) is 11.1 Å². The van der Waals surface area contributed by atoms with Crippen LogP contribution in [0.15, 0.2) is 45.7 Å². The van der Waals surface area contributed by atoms with E-state index in [1.165, 1.54) is 42.0 Å². The summed E-state index contributed by atoms with van der Waals surface area (Å²) in [5.41, 5.74) is 6.23. The molecule has 1 N–H and O–H groups in total. The van der Waals surface area contributed by atoms with Gasteiger partial charge in [-0.25, -0.2) is 4.79 Å². The number of carbonyl (C=O) groups is 1. The average Bonchev–Trinajstić information content (AvgIpc) is 2.90. The molecular weight excluding hydrogens is 316 g/mol. The third kappa shape index (κ3) is 4.81. The lowest BCUT2D eigenvalue weighted by Crippen LogP contribution is -2.18. The van der Waals surface area contributed by atoms with Gasteiger partial charge >= 0.3 is 5.97 Å². The summed E-state index contributed by atoms with van der Waals surface area (Å²) in [5, 5.41) is 13.0. The Balaban J connectivity index is 2.22. The number of hydrogen-bond donors (Lipinski definition) is 1. The first-order chi connectivity index (χ1) is 11.3. The molecule has 0 spiro atoms. The van der Waals surface area contributed by atoms with Crippen molar-refractivity contribution in [2.75, 3.05) is 0 Å². The summed E-state index contributed by atoms with van der Waals surface area (Å²) in [6.07, 6.45) is 13.2. The largest absolute Gasteiger partial charge is 0.478 e. The number of thiophene rings is 1. The first-order valence-corrected chi connectivity index (χ1v) is 9.28. The van der Waals surface area contributed by atoms with E-state index in [9.17, 15) is 4.79 Å². The number of carboxylic acids is 1. The van der Waals surface area contributed by atoms with Gasteiger partial charge in [0.25, 0.3) is 0 Å². The maximum absolute atomic E-state index is 10.7. The van der Waals surface area contributed by atoms with Crippen molar-refractivity contribution < 1.29 is 9.90 Å². The Morgan fingerprint density at radius 1 is 1.21 bits per heavy atom. The van der Waals surface area contributed by atoms with Gasteiger partial charge in [0.05, 0.1) is 0 Å². The van der Waals surface area contributed by atoms with Crippen LogP contribution >= 0.6 is 11.3 Å². The molecule has 1 aromatic heterocycles. The van der Waals surface area contributed by atoms with Crippen molar-refractivity contribution >= 4 is 29.5 Å². The lowest BCUT2D eigenvalue weighted by Gasteiger charge is -2.32. The lowest BCUT2D eigenvalue weighted by atomic mass is 9.72. The number of carboxylic acid groups (broad SMARTS) is 1. The highest BCUT2D eigenvalue weighted by Crippen LogP contribution is 2.41. The molecular formula is C21H26O2S. The molecule has 0 fully saturated rings. The van der Waals surface area contributed by atoms with E-state index >= 15 is 0 Å². The van der Waals surface area contributed by atoms with E-state index in [-0.39, 0.29) is 5.41 Å². The molecule has 2 rings (SSSR count). The maximum atomic E-state index is 10.7. The molecule has 0 saturated heterocycles. The molecule has 1 aliphatic carbocycles. The summed E-state index contributed by atoms with van der Waals surface area (Å²) in [6.45, 7) is 8.69. The van der Waals surface area contributed by atoms with Crippen molar-refractivity contribution in [3.05, 3.63) is 56.8 Å². The third-order valence-corrected chi connectivity index (χ3v) is 5.35. The monoisotopic (exact) mass is 342 g/mol. The van der Waals surface area contributed by atoms with Crippen LogP contribution in [-0.4, -0.2) is 11.1 Å². The van der Waals surface area contributed by atoms with Gasteiger partial charge in [0.1, 0.15) is 0 Å². The van der Waals surface area contributed by atoms with E-state index < -0.39 is 5.97 Å². The maximum Gasteiger partial charge on any atom is 0.328 e. The van der Waals surface area contributed by atoms with Crippen LogP contribution in [0.5, 0.6) is 0 Å². The highest BCUT2D eigenvalue weighted by molar-refractivity contribution is 7.08. The second-order valence-electron chi connectivity index (χ2n) is 7.11. The zero-order chi connectivity index (χ0) is 17.7. The second-order valence-corrected chi connectivity index (χ2v) is 7.85. The van der Waals surface area contributed by atoms with Gasteiger partial charge in [-0.15, -0.1) is 0 Å². The molecule has 0 saturated carbocycles. The smallest absolute Gasteiger partial charge is 0.328 e. The first-order valence-electron chi connectivity index (χ1n) is 8.33. The van der Waals surface area contributed by atoms with Crippen LogP contribution < -0.4 is 0 Å². The fourth-order valence-corrected chi connectivity index (χ4v) is 4.03. The fourth-order valence-electron chi connectivity index (χ4n) is 3.24. The molecule has 0 bridgehead atoms. The fraction of sp³-hybridized carbons (Fsp3) is 0.381. The van der Waals surface area contributed by atoms with Gasteiger partial charge in [-0.2, -0.15) is 11.3 Å². The van der Waals surface area contributed by atoms with Crippen molar-refractivity contribution in [1.29, 1.82) is 0 Å². The molecule has 1 aromatic rings. The van der Waals surface area contributed by atoms with Crippen LogP contribution in [0.2, 0.25) is 0 Å². The summed E-state index contributed by atoms with van der Waals surface area (Å²) in [5.74, 6) is -0.912. The Hall–Kier alpha value is -1.87. The minimum absolute atomic E-state index is 0.242. The van der Waals surface area contributed by atoms with Crippen LogP contribution in [0.4, 0.5) is 0 Å². The number of allylic oxidation sites excluding steroid dienone is 5. The van der Waals surface area contributed by atoms with Crippen molar-refractivity contribution in [2.24, 2.45) is 5.41 Å². The zero-order valence-corrected chi connectivity index (χ0v) is 15.7. The molecule has 0 aliphatic heterocycles. The summed E-state index contributed by atoms with van der Waals surface area (Å²) in [6, 6.07) is 0. The van der Waals surface area contributed by atoms with Gasteiger partial charge < -0.3 is 5.11 Å². The Bertz CT molecular complexity index is 727. The quantitative estimate of drug-likeness (QED) is 0.501. The minimum atomic E-state index is -0.912. The Morgan fingerprint density at radius 3 is 2.50 bits per heavy atom. The third-order valence-electron chi connectivity index (χ3n) is 4.57. The molecule has 3 heteroatoms. The number of hydrogen-bond acceptors (Lipinski definition) is 2. The van der Waals surface area contributed by atoms with Crippen LogP contribution in [0.1, 0.15) is 58.1 Å². The van der Waals surface area contributed by atoms with E-state index in [1.807, 2.05) is 12.2 Å². The van der Waals surface area contributed by atoms with Crippen LogP contribution in [-0.2, 0) is 4.79 Å². The van der Waals surface area contributed by atoms with Gasteiger partial charge in [-0.1, -0.05) is 43.7 Å². The molecule has 0 unspecified atom stereocenters. The van der Waals surface area contributed by atoms with Gasteiger partial charge in [0, 0.05) is 6.08 Å². The molecule has 2 nitrogen and oxygen atoms in total. The van der Waals surface area contributed by atoms with Crippen molar-refractivity contribution in [2.45, 2.75) is 47.0 Å². The zero-order valence-electron chi connectivity index (χ0n) is 14.9. The van der Waals surface area contributed by atoms with Crippen LogP contribution in [0.25, 0.3) is 12.2 Å². The van der Waals surface area contributed by atoms with Crippen molar-refractivity contribution in [3.8, 4) is 0 Å². The van der Waals surface area contributed by atoms with Gasteiger partial charge in [0.2, 0.25) is 0 Å². The van der Waals surface area contributed by atoms with Crippen molar-refractivity contribution in [3.63, 3.8) is 0 Å². The van der Waals surface area contributed by atoms with Crippen LogP contribution in [0, 0.1) is 5.41 Å². The molecule has 1 aliphatic rings. The number of rotatable bonds is 5. The van der Waals surface area contributed by atoms with Gasteiger partial charge in [-0.05, 0) is 71.6 Å². The second kappa shape index (κ2) is 7.80. The first kappa shape index (κ1) is 18.5. The SMILES string of the molecule is CC1=C(C=Cc2cscc2/C=C/C(C)=C/C(=O)O)C(C)(C)CCC1. The average molecular weight is 343 g/mol. The molecule has 1 heterocycles. The molecule has 128 valence electrons. The standard InChI is InChI=1S/C21H26O2S/c1-15(12-20(22)23)7-8-17-13-24-14-18(17)9-10-19-16(2)6-5-11-21(19,3)4/h7-10,12-14H,5-6,11H2,1-4H3,(H,22,23)/b8-7+,10-9?,15-12+. The Labute approximate surface area is 148 Å². The Kier molecular flexibility index (Phi) is 6.00. The molecule has 0 radical (unpaired) electrons. The van der Waals surface area contributed by atoms with E-state index in [0.29, 0.717) is 0 Å². The van der Waals surface area contributed by atoms with E-state index in [2.05, 4.69) is 43.7 Å². The predicted octanol–water partition coefficient (Wildman–Crippen LogP) is 6.33. The normalized spacial score (nSPS) is 18.8. The molecule has 0 amide bonds. The topological polar surface area (TPSA) is 37.3 Å². The summed E-state index contributed by atoms with van der Waals surface area (Å²) in [4.78, 5) is 10.7. The number of aliphatic carboxylic acids is 1. The summed E-state index contributed by atoms with van der Waals surface area (Å²) >= 11 is 1.66. The molecule has 0 atom stereocenters. The van der Waals surface area contributed by atoms with Crippen LogP contribution in [0.3, 0.4) is 0 Å². The minimum Gasteiger partial charge on any atom is -0.478 e. The summed E-state index contributed by atoms with van der Waals surface area (Å²) < 4.78 is 0. The molecule has 24 heavy (non-hydrogen) atoms. The lowest BCUT2D eigenvalue weighted by molar-refractivity contribution is -0.131. The highest BCUT2D eigenvalue weighted by atomic mass is 32.1. The van der Waals surface area contributed by atoms with Gasteiger partial charge in [-0.3, -0.25) is 0 Å². The highest BCUT2D eigenvalue weighted by Gasteiger charge is 2.26. The van der Waals surface area contributed by atoms with E-state index in [4.69, 9.17) is 5.11 Å².